The van der Waals surface area contributed by atoms with Crippen LogP contribution in [0.3, 0.4) is 0 Å². The number of nitrogens with zero attached hydrogens (tertiary/aromatic N) is 4. The zero-order chi connectivity index (χ0) is 26.8. The number of halogens is 3. The van der Waals surface area contributed by atoms with Crippen molar-refractivity contribution in [3.8, 4) is 39.7 Å². The predicted molar refractivity (Wildman–Crippen MR) is 137 cm³/mol. The maximum absolute atomic E-state index is 14.1. The van der Waals surface area contributed by atoms with Crippen LogP contribution >= 0.6 is 11.3 Å². The number of hydrogen-bond acceptors (Lipinski definition) is 8. The second-order valence-corrected chi connectivity index (χ2v) is 8.78. The number of H-pyrrole nitrogens is 1. The molecule has 5 aromatic rings. The number of carbonyl (C=O) groups excluding carboxylic acids is 1. The predicted octanol–water partition coefficient (Wildman–Crippen LogP) is 4.94. The van der Waals surface area contributed by atoms with E-state index in [1.165, 1.54) is 17.4 Å². The van der Waals surface area contributed by atoms with Crippen molar-refractivity contribution < 1.29 is 22.7 Å². The quantitative estimate of drug-likeness (QED) is 0.239. The van der Waals surface area contributed by atoms with Crippen molar-refractivity contribution in [3.05, 3.63) is 72.3 Å². The third kappa shape index (κ3) is 4.91. The first-order chi connectivity index (χ1) is 18.3. The number of fused-ring (bicyclic) bond motifs is 1. The molecule has 4 N–H and O–H groups in total. The monoisotopic (exact) mass is 537 g/mol. The minimum Gasteiger partial charge on any atom is -0.434 e. The van der Waals surface area contributed by atoms with Crippen molar-refractivity contribution in [2.24, 2.45) is 0 Å². The van der Waals surface area contributed by atoms with Gasteiger partial charge in [0.05, 0.1) is 12.2 Å². The van der Waals surface area contributed by atoms with Gasteiger partial charge >= 0.3 is 6.61 Å². The number of ether oxygens (including phenoxy) is 1. The molecule has 4 heterocycles. The molecule has 0 atom stereocenters. The lowest BCUT2D eigenvalue weighted by Crippen LogP contribution is -2.20. The van der Waals surface area contributed by atoms with E-state index >= 15 is 0 Å². The average molecular weight is 538 g/mol. The number of carbonyl (C=O) groups is 1. The molecule has 13 heteroatoms. The van der Waals surface area contributed by atoms with Crippen molar-refractivity contribution in [3.63, 3.8) is 0 Å². The van der Waals surface area contributed by atoms with Crippen molar-refractivity contribution in [2.75, 3.05) is 5.73 Å². The zero-order valence-electron chi connectivity index (χ0n) is 19.4. The fourth-order valence-electron chi connectivity index (χ4n) is 3.87. The number of aromatic nitrogens is 5. The molecule has 9 nitrogen and oxygen atoms in total. The number of anilines is 1. The van der Waals surface area contributed by atoms with Crippen LogP contribution in [-0.2, 0) is 11.3 Å². The van der Waals surface area contributed by atoms with Gasteiger partial charge in [0, 0.05) is 39.0 Å². The lowest BCUT2D eigenvalue weighted by atomic mass is 9.98. The van der Waals surface area contributed by atoms with Gasteiger partial charge in [0.15, 0.2) is 0 Å². The minimum atomic E-state index is -3.19. The van der Waals surface area contributed by atoms with E-state index in [4.69, 9.17) is 10.7 Å². The maximum Gasteiger partial charge on any atom is 0.387 e. The summed E-state index contributed by atoms with van der Waals surface area (Å²) in [6.07, 6.45) is 2.66. The molecule has 0 saturated heterocycles. The van der Waals surface area contributed by atoms with Crippen LogP contribution in [0.4, 0.5) is 19.0 Å². The summed E-state index contributed by atoms with van der Waals surface area (Å²) in [5.74, 6) is -0.807. The number of alkyl halides is 2. The molecule has 0 fully saturated rings. The van der Waals surface area contributed by atoms with Crippen LogP contribution in [0.25, 0.3) is 44.0 Å². The van der Waals surface area contributed by atoms with Gasteiger partial charge in [0.2, 0.25) is 11.7 Å². The van der Waals surface area contributed by atoms with E-state index in [-0.39, 0.29) is 35.2 Å². The number of rotatable bonds is 8. The highest BCUT2D eigenvalue weighted by Crippen LogP contribution is 2.45. The van der Waals surface area contributed by atoms with Gasteiger partial charge in [-0.1, -0.05) is 6.58 Å². The van der Waals surface area contributed by atoms with Crippen LogP contribution in [0.5, 0.6) is 5.75 Å². The lowest BCUT2D eigenvalue weighted by molar-refractivity contribution is -0.116. The second-order valence-electron chi connectivity index (χ2n) is 7.86. The van der Waals surface area contributed by atoms with E-state index in [0.717, 1.165) is 18.2 Å². The number of aromatic amines is 1. The Labute approximate surface area is 217 Å². The van der Waals surface area contributed by atoms with Gasteiger partial charge in [0.1, 0.15) is 28.9 Å². The Bertz CT molecular complexity index is 1670. The standard InChI is InChI=1S/C25H18F3N7O2S/c1-2-19(36)31-11-18-32-24(35-34-18)22-20(14-4-3-13(26)10-16(14)37-25(27)28)23-15(6-8-38-23)21(33-22)12-5-7-30-17(29)9-12/h2-10,25H,1,11H2,(H2,29,30)(H,31,36)(H,32,34,35). The molecule has 4 aromatic heterocycles. The molecule has 0 unspecified atom stereocenters. The molecule has 0 bridgehead atoms. The Balaban J connectivity index is 1.77. The molecule has 1 aromatic carbocycles. The van der Waals surface area contributed by atoms with E-state index in [9.17, 15) is 18.0 Å². The van der Waals surface area contributed by atoms with E-state index in [2.05, 4.69) is 36.8 Å². The smallest absolute Gasteiger partial charge is 0.387 e. The number of hydrogen-bond donors (Lipinski definition) is 3. The molecule has 0 saturated carbocycles. The van der Waals surface area contributed by atoms with Crippen molar-refractivity contribution >= 4 is 33.1 Å². The number of nitrogens with two attached hydrogens (primary N) is 1. The van der Waals surface area contributed by atoms with E-state index < -0.39 is 18.3 Å². The van der Waals surface area contributed by atoms with Gasteiger partial charge < -0.3 is 15.8 Å². The summed E-state index contributed by atoms with van der Waals surface area (Å²) in [6.45, 7) is 0.241. The summed E-state index contributed by atoms with van der Waals surface area (Å²) in [4.78, 5) is 24.9. The Morgan fingerprint density at radius 1 is 1.21 bits per heavy atom. The Morgan fingerprint density at radius 2 is 2.05 bits per heavy atom. The fourth-order valence-corrected chi connectivity index (χ4v) is 4.83. The molecule has 0 aliphatic heterocycles. The molecular weight excluding hydrogens is 519 g/mol. The molecule has 0 radical (unpaired) electrons. The summed E-state index contributed by atoms with van der Waals surface area (Å²) >= 11 is 1.33. The van der Waals surface area contributed by atoms with Gasteiger partial charge in [-0.25, -0.2) is 19.3 Å². The van der Waals surface area contributed by atoms with Gasteiger partial charge in [-0.15, -0.1) is 11.3 Å². The summed E-state index contributed by atoms with van der Waals surface area (Å²) < 4.78 is 46.0. The SMILES string of the molecule is C=CC(=O)NCc1nc(-c2nc(-c3ccnc(N)c3)c3ccsc3c2-c2ccc(F)cc2OC(F)F)n[nH]1. The topological polar surface area (TPSA) is 132 Å². The number of thiophene rings is 1. The van der Waals surface area contributed by atoms with Crippen LogP contribution in [0.15, 0.2) is 60.6 Å². The highest BCUT2D eigenvalue weighted by Gasteiger charge is 2.25. The van der Waals surface area contributed by atoms with Gasteiger partial charge in [0.25, 0.3) is 0 Å². The van der Waals surface area contributed by atoms with Crippen molar-refractivity contribution in [1.29, 1.82) is 0 Å². The fraction of sp³-hybridized carbons (Fsp3) is 0.0800. The van der Waals surface area contributed by atoms with Gasteiger partial charge in [-0.2, -0.15) is 13.9 Å². The number of nitrogens with one attached hydrogen (secondary N) is 2. The number of amides is 1. The maximum atomic E-state index is 14.1. The first kappa shape index (κ1) is 24.9. The highest BCUT2D eigenvalue weighted by atomic mass is 32.1. The Morgan fingerprint density at radius 3 is 2.82 bits per heavy atom. The average Bonchev–Trinajstić information content (AvgIpc) is 3.56. The first-order valence-corrected chi connectivity index (χ1v) is 11.9. The van der Waals surface area contributed by atoms with E-state index in [1.54, 1.807) is 18.3 Å². The summed E-state index contributed by atoms with van der Waals surface area (Å²) in [5, 5.41) is 12.1. The van der Waals surface area contributed by atoms with Crippen molar-refractivity contribution in [2.45, 2.75) is 13.2 Å². The van der Waals surface area contributed by atoms with Crippen LogP contribution in [0.1, 0.15) is 5.82 Å². The Kier molecular flexibility index (Phi) is 6.75. The molecule has 5 rings (SSSR count). The first-order valence-electron chi connectivity index (χ1n) is 11.0. The summed E-state index contributed by atoms with van der Waals surface area (Å²) in [5.41, 5.74) is 7.86. The van der Waals surface area contributed by atoms with Crippen LogP contribution in [0.2, 0.25) is 0 Å². The third-order valence-corrected chi connectivity index (χ3v) is 6.38. The normalized spacial score (nSPS) is 11.2. The number of benzene rings is 1. The summed E-state index contributed by atoms with van der Waals surface area (Å²) in [6, 6.07) is 8.59. The third-order valence-electron chi connectivity index (χ3n) is 5.45. The molecule has 0 spiro atoms. The van der Waals surface area contributed by atoms with E-state index in [0.29, 0.717) is 32.7 Å². The Hall–Kier alpha value is -4.78. The molecule has 38 heavy (non-hydrogen) atoms. The second kappa shape index (κ2) is 10.3. The minimum absolute atomic E-state index is 0.0263. The van der Waals surface area contributed by atoms with Crippen LogP contribution < -0.4 is 15.8 Å². The van der Waals surface area contributed by atoms with E-state index in [1.807, 2.05) is 11.4 Å². The number of nitrogen functional groups attached to an aromatic ring is 1. The van der Waals surface area contributed by atoms with Crippen LogP contribution in [0, 0.1) is 5.82 Å². The highest BCUT2D eigenvalue weighted by molar-refractivity contribution is 7.18. The van der Waals surface area contributed by atoms with Crippen LogP contribution in [-0.4, -0.2) is 37.7 Å². The largest absolute Gasteiger partial charge is 0.434 e. The zero-order valence-corrected chi connectivity index (χ0v) is 20.2. The molecular formula is C25H18F3N7O2S. The molecule has 1 amide bonds. The molecule has 192 valence electrons. The molecule has 0 aliphatic rings. The summed E-state index contributed by atoms with van der Waals surface area (Å²) in [7, 11) is 0. The lowest BCUT2D eigenvalue weighted by Gasteiger charge is -2.16. The van der Waals surface area contributed by atoms with Crippen molar-refractivity contribution in [1.82, 2.24) is 30.5 Å². The number of pyridine rings is 2. The van der Waals surface area contributed by atoms with Gasteiger partial charge in [-0.05, 0) is 41.8 Å². The molecule has 0 aliphatic carbocycles. The van der Waals surface area contributed by atoms with Gasteiger partial charge in [-0.3, -0.25) is 9.89 Å².